The minimum absolute atomic E-state index is 0.0219. The first-order chi connectivity index (χ1) is 19.6. The fourth-order valence-electron chi connectivity index (χ4n) is 5.30. The molecule has 0 unspecified atom stereocenters. The Kier molecular flexibility index (Phi) is 8.44. The number of rotatable bonds is 7. The molecule has 0 radical (unpaired) electrons. The first-order valence-corrected chi connectivity index (χ1v) is 13.6. The molecule has 2 heterocycles. The summed E-state index contributed by atoms with van der Waals surface area (Å²) in [6.45, 7) is 4.86. The summed E-state index contributed by atoms with van der Waals surface area (Å²) in [6, 6.07) is 29.9. The van der Waals surface area contributed by atoms with Crippen LogP contribution in [0.15, 0.2) is 84.9 Å². The maximum absolute atomic E-state index is 12.3. The highest BCUT2D eigenvalue weighted by Gasteiger charge is 2.25. The van der Waals surface area contributed by atoms with Gasteiger partial charge in [0.1, 0.15) is 17.5 Å². The van der Waals surface area contributed by atoms with Crippen molar-refractivity contribution in [1.29, 1.82) is 5.26 Å². The van der Waals surface area contributed by atoms with Gasteiger partial charge in [0.15, 0.2) is 0 Å². The molecule has 1 aliphatic rings. The average molecular weight is 533 g/mol. The van der Waals surface area contributed by atoms with Crippen molar-refractivity contribution in [2.45, 2.75) is 32.7 Å². The molecular weight excluding hydrogens is 500 g/mol. The summed E-state index contributed by atoms with van der Waals surface area (Å²) in [4.78, 5) is 12.3. The van der Waals surface area contributed by atoms with Crippen LogP contribution in [0.25, 0.3) is 32.8 Å². The lowest BCUT2D eigenvalue weighted by molar-refractivity contribution is 0.0684. The van der Waals surface area contributed by atoms with E-state index < -0.39 is 5.97 Å². The van der Waals surface area contributed by atoms with Gasteiger partial charge in [0.25, 0.3) is 0 Å². The molecule has 0 atom stereocenters. The van der Waals surface area contributed by atoms with E-state index in [1.54, 1.807) is 4.57 Å². The number of hydrogen-bond acceptors (Lipinski definition) is 4. The zero-order valence-corrected chi connectivity index (χ0v) is 22.6. The Morgan fingerprint density at radius 1 is 0.950 bits per heavy atom. The van der Waals surface area contributed by atoms with E-state index in [1.165, 1.54) is 12.8 Å². The molecule has 6 heteroatoms. The summed E-state index contributed by atoms with van der Waals surface area (Å²) in [6.07, 6.45) is 3.15. The molecule has 1 fully saturated rings. The van der Waals surface area contributed by atoms with Crippen molar-refractivity contribution in [3.05, 3.63) is 102 Å². The Hall–Kier alpha value is -4.60. The number of aryl methyl sites for hydroxylation is 2. The van der Waals surface area contributed by atoms with Crippen LogP contribution in [0, 0.1) is 18.3 Å². The quantitative estimate of drug-likeness (QED) is 0.218. The van der Waals surface area contributed by atoms with Crippen molar-refractivity contribution in [2.75, 3.05) is 19.8 Å². The molecule has 1 saturated heterocycles. The first kappa shape index (κ1) is 27.0. The molecule has 1 aliphatic heterocycles. The minimum Gasteiger partial charge on any atom is -0.493 e. The monoisotopic (exact) mass is 532 g/mol. The topological polar surface area (TPSA) is 84.5 Å². The highest BCUT2D eigenvalue weighted by Crippen LogP contribution is 2.36. The lowest BCUT2D eigenvalue weighted by Gasteiger charge is -2.12. The van der Waals surface area contributed by atoms with Crippen LogP contribution >= 0.6 is 0 Å². The second-order valence-corrected chi connectivity index (χ2v) is 9.81. The summed E-state index contributed by atoms with van der Waals surface area (Å²) in [5.41, 5.74) is 3.88. The summed E-state index contributed by atoms with van der Waals surface area (Å²) < 4.78 is 12.8. The third-order valence-corrected chi connectivity index (χ3v) is 7.20. The highest BCUT2D eigenvalue weighted by molar-refractivity contribution is 6.06. The van der Waals surface area contributed by atoms with E-state index in [-0.39, 0.29) is 11.3 Å². The number of ether oxygens (including phenoxy) is 2. The predicted molar refractivity (Wildman–Crippen MR) is 158 cm³/mol. The number of nitriles is 1. The average Bonchev–Trinajstić information content (AvgIpc) is 3.66. The molecule has 0 bridgehead atoms. The van der Waals surface area contributed by atoms with Crippen LogP contribution in [-0.2, 0) is 11.3 Å². The van der Waals surface area contributed by atoms with Crippen LogP contribution in [0.5, 0.6) is 5.75 Å². The van der Waals surface area contributed by atoms with Crippen molar-refractivity contribution in [3.8, 4) is 22.9 Å². The van der Waals surface area contributed by atoms with Gasteiger partial charge in [-0.2, -0.15) is 5.26 Å². The smallest absolute Gasteiger partial charge is 0.353 e. The maximum Gasteiger partial charge on any atom is 0.353 e. The molecular formula is C34H32N2O4. The normalized spacial score (nSPS) is 12.6. The molecule has 202 valence electrons. The molecule has 4 aromatic carbocycles. The Morgan fingerprint density at radius 3 is 2.38 bits per heavy atom. The molecule has 0 spiro atoms. The Bertz CT molecular complexity index is 1680. The Morgan fingerprint density at radius 2 is 1.65 bits per heavy atom. The largest absolute Gasteiger partial charge is 0.493 e. The second kappa shape index (κ2) is 12.5. The lowest BCUT2D eigenvalue weighted by atomic mass is 9.95. The molecule has 6 nitrogen and oxygen atoms in total. The zero-order chi connectivity index (χ0) is 27.9. The number of carboxylic acids is 1. The summed E-state index contributed by atoms with van der Waals surface area (Å²) in [7, 11) is 0. The van der Waals surface area contributed by atoms with Gasteiger partial charge in [0.2, 0.25) is 0 Å². The predicted octanol–water partition coefficient (Wildman–Crippen LogP) is 7.61. The standard InChI is InChI=1S/C30H24N2O3.C4H8O/c1-20-9-2-4-12-22(20)24-14-7-15-26-28(24)25(19-31)29(30(33)34)32(26)17-8-18-35-27-16-6-11-21-10-3-5-13-23(21)27;1-2-4-5-3-1/h2-7,9-16H,8,17-18H2,1H3,(H,33,34);1-4H2. The Labute approximate surface area is 234 Å². The van der Waals surface area contributed by atoms with Crippen molar-refractivity contribution in [1.82, 2.24) is 4.57 Å². The van der Waals surface area contributed by atoms with Crippen LogP contribution in [-0.4, -0.2) is 35.5 Å². The van der Waals surface area contributed by atoms with Crippen molar-refractivity contribution < 1.29 is 19.4 Å². The van der Waals surface area contributed by atoms with Gasteiger partial charge in [0, 0.05) is 30.5 Å². The van der Waals surface area contributed by atoms with E-state index in [4.69, 9.17) is 9.47 Å². The number of nitrogens with zero attached hydrogens (tertiary/aromatic N) is 2. The third-order valence-electron chi connectivity index (χ3n) is 7.20. The van der Waals surface area contributed by atoms with Gasteiger partial charge >= 0.3 is 5.97 Å². The number of fused-ring (bicyclic) bond motifs is 2. The van der Waals surface area contributed by atoms with Crippen molar-refractivity contribution >= 4 is 27.6 Å². The van der Waals surface area contributed by atoms with Gasteiger partial charge in [-0.1, -0.05) is 72.8 Å². The first-order valence-electron chi connectivity index (χ1n) is 13.6. The van der Waals surface area contributed by atoms with Crippen molar-refractivity contribution in [3.63, 3.8) is 0 Å². The number of benzene rings is 4. The molecule has 0 saturated carbocycles. The van der Waals surface area contributed by atoms with E-state index in [2.05, 4.69) is 6.07 Å². The molecule has 0 aliphatic carbocycles. The van der Waals surface area contributed by atoms with Crippen LogP contribution in [0.1, 0.15) is 40.9 Å². The van der Waals surface area contributed by atoms with Crippen LogP contribution < -0.4 is 4.74 Å². The maximum atomic E-state index is 12.3. The van der Waals surface area contributed by atoms with Gasteiger partial charge < -0.3 is 19.1 Å². The summed E-state index contributed by atoms with van der Waals surface area (Å²) in [5, 5.41) is 22.9. The van der Waals surface area contributed by atoms with Gasteiger partial charge in [-0.15, -0.1) is 0 Å². The molecule has 6 rings (SSSR count). The van der Waals surface area contributed by atoms with Gasteiger partial charge in [-0.25, -0.2) is 4.79 Å². The second-order valence-electron chi connectivity index (χ2n) is 9.81. The minimum atomic E-state index is -1.11. The van der Waals surface area contributed by atoms with E-state index in [0.717, 1.165) is 51.9 Å². The number of carbonyl (C=O) groups is 1. The number of carboxylic acid groups (broad SMARTS) is 1. The van der Waals surface area contributed by atoms with Crippen LogP contribution in [0.3, 0.4) is 0 Å². The van der Waals surface area contributed by atoms with E-state index >= 15 is 0 Å². The fraction of sp³-hybridized carbons (Fsp3) is 0.235. The fourth-order valence-corrected chi connectivity index (χ4v) is 5.30. The number of hydrogen-bond donors (Lipinski definition) is 1. The number of aromatic carboxylic acids is 1. The summed E-state index contributed by atoms with van der Waals surface area (Å²) >= 11 is 0. The molecule has 1 aromatic heterocycles. The molecule has 0 amide bonds. The van der Waals surface area contributed by atoms with Gasteiger partial charge in [-0.3, -0.25) is 0 Å². The molecule has 5 aromatic rings. The van der Waals surface area contributed by atoms with Crippen LogP contribution in [0.2, 0.25) is 0 Å². The number of aromatic nitrogens is 1. The molecule has 40 heavy (non-hydrogen) atoms. The van der Waals surface area contributed by atoms with Crippen LogP contribution in [0.4, 0.5) is 0 Å². The van der Waals surface area contributed by atoms with Crippen molar-refractivity contribution in [2.24, 2.45) is 0 Å². The van der Waals surface area contributed by atoms with E-state index in [9.17, 15) is 15.2 Å². The SMILES string of the molecule is C1CCOC1.Cc1ccccc1-c1cccc2c1c(C#N)c(C(=O)O)n2CCCOc1cccc2ccccc12. The van der Waals surface area contributed by atoms with E-state index in [0.29, 0.717) is 25.0 Å². The summed E-state index contributed by atoms with van der Waals surface area (Å²) in [5.74, 6) is -0.304. The lowest BCUT2D eigenvalue weighted by Crippen LogP contribution is -2.12. The third kappa shape index (κ3) is 5.56. The molecule has 1 N–H and O–H groups in total. The van der Waals surface area contributed by atoms with Gasteiger partial charge in [-0.05, 0) is 60.4 Å². The Balaban J connectivity index is 0.000000582. The highest BCUT2D eigenvalue weighted by atomic mass is 16.5. The van der Waals surface area contributed by atoms with Gasteiger partial charge in [0.05, 0.1) is 17.7 Å². The zero-order valence-electron chi connectivity index (χ0n) is 22.6. The van der Waals surface area contributed by atoms with E-state index in [1.807, 2.05) is 91.9 Å².